The first-order valence-electron chi connectivity index (χ1n) is 10.1. The minimum absolute atomic E-state index is 0.335. The molecule has 0 aliphatic heterocycles. The van der Waals surface area contributed by atoms with E-state index in [1.807, 2.05) is 24.4 Å². The van der Waals surface area contributed by atoms with Crippen molar-refractivity contribution in [2.75, 3.05) is 7.05 Å². The van der Waals surface area contributed by atoms with Crippen LogP contribution in [0.4, 0.5) is 0 Å². The van der Waals surface area contributed by atoms with Crippen molar-refractivity contribution in [1.29, 1.82) is 0 Å². The summed E-state index contributed by atoms with van der Waals surface area (Å²) in [4.78, 5) is 8.77. The van der Waals surface area contributed by atoms with Crippen molar-refractivity contribution in [2.45, 2.75) is 51.7 Å². The number of rotatable bonds is 5. The smallest absolute Gasteiger partial charge is 0.191 e. The van der Waals surface area contributed by atoms with Crippen LogP contribution in [0.2, 0.25) is 0 Å². The zero-order valence-corrected chi connectivity index (χ0v) is 17.2. The molecule has 0 radical (unpaired) electrons. The lowest BCUT2D eigenvalue weighted by Gasteiger charge is -2.24. The molecule has 0 bridgehead atoms. The van der Waals surface area contributed by atoms with Crippen LogP contribution in [0, 0.1) is 0 Å². The standard InChI is InChI=1S/C21H28N8/c1-15(2)29-14-17-5-6-18(12-19(17)27-29)26-21(22-3)24-13-16-7-9-23-20(11-16)28-10-4-8-25-28/h4,7-11,14-15,18H,5-6,12-13H2,1-3H3,(H2,22,24,26). The molecule has 1 atom stereocenters. The summed E-state index contributed by atoms with van der Waals surface area (Å²) in [5.74, 6) is 1.61. The molecule has 0 amide bonds. The van der Waals surface area contributed by atoms with Crippen molar-refractivity contribution in [2.24, 2.45) is 4.99 Å². The Morgan fingerprint density at radius 1 is 1.34 bits per heavy atom. The molecule has 152 valence electrons. The Morgan fingerprint density at radius 3 is 3.00 bits per heavy atom. The van der Waals surface area contributed by atoms with Crippen molar-refractivity contribution in [1.82, 2.24) is 35.2 Å². The first kappa shape index (κ1) is 19.2. The highest BCUT2D eigenvalue weighted by Gasteiger charge is 2.23. The number of hydrogen-bond acceptors (Lipinski definition) is 4. The Kier molecular flexibility index (Phi) is 5.59. The summed E-state index contributed by atoms with van der Waals surface area (Å²) in [5.41, 5.74) is 3.70. The van der Waals surface area contributed by atoms with Gasteiger partial charge in [-0.2, -0.15) is 10.2 Å². The normalized spacial score (nSPS) is 16.7. The number of aromatic nitrogens is 5. The quantitative estimate of drug-likeness (QED) is 0.514. The van der Waals surface area contributed by atoms with E-state index in [1.165, 1.54) is 11.3 Å². The summed E-state index contributed by atoms with van der Waals surface area (Å²) in [5, 5.41) is 16.0. The fourth-order valence-electron chi connectivity index (χ4n) is 3.57. The van der Waals surface area contributed by atoms with E-state index in [0.717, 1.165) is 36.6 Å². The monoisotopic (exact) mass is 392 g/mol. The number of hydrogen-bond donors (Lipinski definition) is 2. The number of nitrogens with zero attached hydrogens (tertiary/aromatic N) is 6. The van der Waals surface area contributed by atoms with E-state index < -0.39 is 0 Å². The van der Waals surface area contributed by atoms with Gasteiger partial charge in [-0.3, -0.25) is 9.67 Å². The molecule has 1 aliphatic rings. The number of aliphatic imine (C=N–C) groups is 1. The van der Waals surface area contributed by atoms with Crippen molar-refractivity contribution in [3.63, 3.8) is 0 Å². The Bertz CT molecular complexity index is 970. The lowest BCUT2D eigenvalue weighted by Crippen LogP contribution is -2.45. The van der Waals surface area contributed by atoms with Crippen molar-refractivity contribution >= 4 is 5.96 Å². The van der Waals surface area contributed by atoms with Crippen molar-refractivity contribution in [3.8, 4) is 5.82 Å². The Hall–Kier alpha value is -3.16. The van der Waals surface area contributed by atoms with Crippen LogP contribution in [0.25, 0.3) is 5.82 Å². The van der Waals surface area contributed by atoms with Gasteiger partial charge < -0.3 is 10.6 Å². The minimum Gasteiger partial charge on any atom is -0.353 e. The fraction of sp³-hybridized carbons (Fsp3) is 0.429. The first-order valence-corrected chi connectivity index (χ1v) is 10.1. The highest BCUT2D eigenvalue weighted by Crippen LogP contribution is 2.21. The van der Waals surface area contributed by atoms with Gasteiger partial charge >= 0.3 is 0 Å². The van der Waals surface area contributed by atoms with E-state index in [4.69, 9.17) is 5.10 Å². The predicted molar refractivity (Wildman–Crippen MR) is 113 cm³/mol. The van der Waals surface area contributed by atoms with E-state index >= 15 is 0 Å². The molecule has 0 aromatic carbocycles. The molecule has 29 heavy (non-hydrogen) atoms. The third-order valence-corrected chi connectivity index (χ3v) is 5.20. The second-order valence-electron chi connectivity index (χ2n) is 7.66. The Labute approximate surface area is 171 Å². The Morgan fingerprint density at radius 2 is 2.24 bits per heavy atom. The molecule has 0 fully saturated rings. The summed E-state index contributed by atoms with van der Waals surface area (Å²) >= 11 is 0. The van der Waals surface area contributed by atoms with Crippen molar-refractivity contribution < 1.29 is 0 Å². The average Bonchev–Trinajstić information content (AvgIpc) is 3.41. The summed E-state index contributed by atoms with van der Waals surface area (Å²) in [6.45, 7) is 4.99. The van der Waals surface area contributed by atoms with Crippen LogP contribution in [0.1, 0.15) is 43.1 Å². The lowest BCUT2D eigenvalue weighted by atomic mass is 9.94. The van der Waals surface area contributed by atoms with Gasteiger partial charge in [-0.1, -0.05) is 0 Å². The van der Waals surface area contributed by atoms with E-state index in [2.05, 4.69) is 50.4 Å². The van der Waals surface area contributed by atoms with Gasteiger partial charge in [-0.05, 0) is 56.0 Å². The maximum atomic E-state index is 4.76. The first-order chi connectivity index (χ1) is 14.1. The third-order valence-electron chi connectivity index (χ3n) is 5.20. The Balaban J connectivity index is 1.35. The molecule has 8 heteroatoms. The van der Waals surface area contributed by atoms with Crippen molar-refractivity contribution in [3.05, 3.63) is 59.8 Å². The van der Waals surface area contributed by atoms with E-state index in [9.17, 15) is 0 Å². The molecule has 1 aliphatic carbocycles. The van der Waals surface area contributed by atoms with Gasteiger partial charge in [0.25, 0.3) is 0 Å². The van der Waals surface area contributed by atoms with E-state index in [0.29, 0.717) is 18.6 Å². The molecule has 3 aromatic heterocycles. The van der Waals surface area contributed by atoms with E-state index in [-0.39, 0.29) is 0 Å². The van der Waals surface area contributed by atoms with E-state index in [1.54, 1.807) is 24.1 Å². The van der Waals surface area contributed by atoms with Gasteiger partial charge in [-0.15, -0.1) is 0 Å². The second-order valence-corrected chi connectivity index (χ2v) is 7.66. The summed E-state index contributed by atoms with van der Waals surface area (Å²) in [6.07, 6.45) is 10.7. The molecule has 0 saturated carbocycles. The summed E-state index contributed by atoms with van der Waals surface area (Å²) < 4.78 is 3.83. The fourth-order valence-corrected chi connectivity index (χ4v) is 3.57. The molecule has 1 unspecified atom stereocenters. The molecule has 3 aromatic rings. The minimum atomic E-state index is 0.335. The van der Waals surface area contributed by atoms with Crippen LogP contribution in [0.5, 0.6) is 0 Å². The van der Waals surface area contributed by atoms with Crippen LogP contribution in [0.3, 0.4) is 0 Å². The van der Waals surface area contributed by atoms with Crippen LogP contribution in [0.15, 0.2) is 48.0 Å². The molecule has 0 spiro atoms. The number of pyridine rings is 1. The van der Waals surface area contributed by atoms with Gasteiger partial charge in [0.15, 0.2) is 11.8 Å². The maximum absolute atomic E-state index is 4.76. The second kappa shape index (κ2) is 8.46. The zero-order valence-electron chi connectivity index (χ0n) is 17.2. The molecule has 8 nitrogen and oxygen atoms in total. The largest absolute Gasteiger partial charge is 0.353 e. The molecular weight excluding hydrogens is 364 g/mol. The number of fused-ring (bicyclic) bond motifs is 1. The van der Waals surface area contributed by atoms with Gasteiger partial charge in [0.2, 0.25) is 0 Å². The maximum Gasteiger partial charge on any atom is 0.191 e. The molecule has 2 N–H and O–H groups in total. The molecule has 4 rings (SSSR count). The van der Waals surface area contributed by atoms with Crippen LogP contribution in [-0.2, 0) is 19.4 Å². The van der Waals surface area contributed by atoms with Crippen LogP contribution < -0.4 is 10.6 Å². The van der Waals surface area contributed by atoms with Crippen LogP contribution in [-0.4, -0.2) is 43.6 Å². The molecule has 3 heterocycles. The predicted octanol–water partition coefficient (Wildman–Crippen LogP) is 2.27. The molecule has 0 saturated heterocycles. The summed E-state index contributed by atoms with van der Waals surface area (Å²) in [7, 11) is 1.80. The van der Waals surface area contributed by atoms with Crippen LogP contribution >= 0.6 is 0 Å². The highest BCUT2D eigenvalue weighted by molar-refractivity contribution is 5.80. The summed E-state index contributed by atoms with van der Waals surface area (Å²) in [6, 6.07) is 6.64. The average molecular weight is 393 g/mol. The molecular formula is C21H28N8. The third kappa shape index (κ3) is 4.47. The van der Waals surface area contributed by atoms with Gasteiger partial charge in [0.05, 0.1) is 5.69 Å². The highest BCUT2D eigenvalue weighted by atomic mass is 15.3. The zero-order chi connectivity index (χ0) is 20.2. The topological polar surface area (TPSA) is 85.0 Å². The van der Waals surface area contributed by atoms with Gasteiger partial charge in [0.1, 0.15) is 0 Å². The number of aryl methyl sites for hydroxylation is 1. The van der Waals surface area contributed by atoms with Gasteiger partial charge in [0, 0.05) is 56.9 Å². The lowest BCUT2D eigenvalue weighted by molar-refractivity contribution is 0.499. The SMILES string of the molecule is CN=C(NCc1ccnc(-n2cccn2)c1)NC1CCc2cn(C(C)C)nc2C1. The number of nitrogens with one attached hydrogen (secondary N) is 2. The number of guanidine groups is 1. The van der Waals surface area contributed by atoms with Gasteiger partial charge in [-0.25, -0.2) is 9.67 Å².